The lowest BCUT2D eigenvalue weighted by Crippen LogP contribution is -2.48. The molecule has 1 fully saturated rings. The molecule has 0 aromatic rings. The first-order valence-corrected chi connectivity index (χ1v) is 5.75. The lowest BCUT2D eigenvalue weighted by atomic mass is 9.93. The number of rotatable bonds is 3. The highest BCUT2D eigenvalue weighted by Crippen LogP contribution is 2.30. The number of hydrogen-bond acceptors (Lipinski definition) is 2. The van der Waals surface area contributed by atoms with Crippen molar-refractivity contribution in [2.24, 2.45) is 11.8 Å². The Bertz CT molecular complexity index is 280. The van der Waals surface area contributed by atoms with Gasteiger partial charge in [0.15, 0.2) is 5.92 Å². The van der Waals surface area contributed by atoms with Crippen LogP contribution in [0.3, 0.4) is 0 Å². The lowest BCUT2D eigenvalue weighted by Gasteiger charge is -2.38. The van der Waals surface area contributed by atoms with Crippen LogP contribution in [-0.4, -0.2) is 41.3 Å². The van der Waals surface area contributed by atoms with Gasteiger partial charge in [0.2, 0.25) is 0 Å². The maximum absolute atomic E-state index is 12.5. The van der Waals surface area contributed by atoms with Crippen molar-refractivity contribution in [3.05, 3.63) is 0 Å². The second kappa shape index (κ2) is 5.25. The van der Waals surface area contributed by atoms with Gasteiger partial charge in [-0.3, -0.25) is 9.69 Å². The molecule has 0 radical (unpaired) electrons. The minimum Gasteiger partial charge on any atom is -0.481 e. The molecule has 0 aliphatic carbocycles. The highest BCUT2D eigenvalue weighted by molar-refractivity contribution is 5.71. The van der Waals surface area contributed by atoms with Crippen molar-refractivity contribution < 1.29 is 23.1 Å². The molecule has 1 aliphatic rings. The molecule has 6 heteroatoms. The fourth-order valence-corrected chi connectivity index (χ4v) is 2.19. The van der Waals surface area contributed by atoms with E-state index in [1.54, 1.807) is 4.90 Å². The van der Waals surface area contributed by atoms with E-state index in [1.807, 2.05) is 13.8 Å². The van der Waals surface area contributed by atoms with Crippen LogP contribution < -0.4 is 0 Å². The van der Waals surface area contributed by atoms with Crippen molar-refractivity contribution in [1.29, 1.82) is 0 Å². The van der Waals surface area contributed by atoms with Crippen LogP contribution in [0.25, 0.3) is 0 Å². The van der Waals surface area contributed by atoms with Crippen LogP contribution >= 0.6 is 0 Å². The zero-order chi connectivity index (χ0) is 13.2. The van der Waals surface area contributed by atoms with E-state index in [2.05, 4.69) is 0 Å². The van der Waals surface area contributed by atoms with E-state index in [4.69, 9.17) is 5.11 Å². The smallest absolute Gasteiger partial charge is 0.403 e. The number of carboxylic acids is 1. The molecule has 1 heterocycles. The normalized spacial score (nSPS) is 29.0. The number of carboxylic acid groups (broad SMARTS) is 1. The second-order valence-electron chi connectivity index (χ2n) is 4.92. The molecule has 0 amide bonds. The standard InChI is InChI=1S/C11H18F3NO2/c1-7-3-4-8(2)15(5-7)6-9(10(16)17)11(12,13)14/h7-9H,3-6H2,1-2H3,(H,16,17). The van der Waals surface area contributed by atoms with Crippen LogP contribution in [0.15, 0.2) is 0 Å². The highest BCUT2D eigenvalue weighted by Gasteiger charge is 2.46. The summed E-state index contributed by atoms with van der Waals surface area (Å²) in [6.45, 7) is 3.93. The van der Waals surface area contributed by atoms with Crippen LogP contribution in [0.5, 0.6) is 0 Å². The van der Waals surface area contributed by atoms with Gasteiger partial charge in [-0.1, -0.05) is 6.92 Å². The molecule has 17 heavy (non-hydrogen) atoms. The molecule has 3 nitrogen and oxygen atoms in total. The minimum absolute atomic E-state index is 0.0235. The summed E-state index contributed by atoms with van der Waals surface area (Å²) in [7, 11) is 0. The second-order valence-corrected chi connectivity index (χ2v) is 4.92. The molecule has 1 saturated heterocycles. The third kappa shape index (κ3) is 3.87. The van der Waals surface area contributed by atoms with Crippen LogP contribution in [0.1, 0.15) is 26.7 Å². The summed E-state index contributed by atoms with van der Waals surface area (Å²) in [5, 5.41) is 8.65. The van der Waals surface area contributed by atoms with E-state index in [0.29, 0.717) is 12.5 Å². The number of halogens is 3. The first kappa shape index (κ1) is 14.3. The van der Waals surface area contributed by atoms with Gasteiger partial charge in [0.1, 0.15) is 0 Å². The largest absolute Gasteiger partial charge is 0.481 e. The molecule has 100 valence electrons. The Morgan fingerprint density at radius 2 is 2.00 bits per heavy atom. The van der Waals surface area contributed by atoms with Crippen LogP contribution in [0.2, 0.25) is 0 Å². The summed E-state index contributed by atoms with van der Waals surface area (Å²) >= 11 is 0. The SMILES string of the molecule is CC1CCC(C)N(CC(C(=O)O)C(F)(F)F)C1. The highest BCUT2D eigenvalue weighted by atomic mass is 19.4. The number of likely N-dealkylation sites (tertiary alicyclic amines) is 1. The summed E-state index contributed by atoms with van der Waals surface area (Å²) in [5.41, 5.74) is 0. The van der Waals surface area contributed by atoms with Crippen molar-refractivity contribution in [2.75, 3.05) is 13.1 Å². The van der Waals surface area contributed by atoms with Crippen molar-refractivity contribution in [3.8, 4) is 0 Å². The fraction of sp³-hybridized carbons (Fsp3) is 0.909. The molecule has 0 aromatic heterocycles. The number of aliphatic carboxylic acids is 1. The predicted molar refractivity (Wildman–Crippen MR) is 56.6 cm³/mol. The maximum atomic E-state index is 12.5. The van der Waals surface area contributed by atoms with E-state index in [1.165, 1.54) is 0 Å². The molecular weight excluding hydrogens is 235 g/mol. The van der Waals surface area contributed by atoms with Crippen LogP contribution in [0, 0.1) is 11.8 Å². The summed E-state index contributed by atoms with van der Waals surface area (Å²) in [6, 6.07) is 0.0235. The molecule has 1 N–H and O–H groups in total. The van der Waals surface area contributed by atoms with Crippen molar-refractivity contribution >= 4 is 5.97 Å². The first-order valence-electron chi connectivity index (χ1n) is 5.75. The molecule has 3 atom stereocenters. The molecule has 3 unspecified atom stereocenters. The average Bonchev–Trinajstić information content (AvgIpc) is 2.17. The van der Waals surface area contributed by atoms with E-state index in [0.717, 1.165) is 12.8 Å². The van der Waals surface area contributed by atoms with Gasteiger partial charge in [-0.15, -0.1) is 0 Å². The number of alkyl halides is 3. The van der Waals surface area contributed by atoms with Gasteiger partial charge in [-0.25, -0.2) is 0 Å². The third-order valence-electron chi connectivity index (χ3n) is 3.36. The first-order chi connectivity index (χ1) is 7.71. The van der Waals surface area contributed by atoms with Gasteiger partial charge >= 0.3 is 12.1 Å². The predicted octanol–water partition coefficient (Wildman–Crippen LogP) is 2.37. The van der Waals surface area contributed by atoms with E-state index < -0.39 is 24.6 Å². The number of carbonyl (C=O) groups is 1. The number of hydrogen-bond donors (Lipinski definition) is 1. The Kier molecular flexibility index (Phi) is 4.41. The average molecular weight is 253 g/mol. The van der Waals surface area contributed by atoms with E-state index in [9.17, 15) is 18.0 Å². The Morgan fingerprint density at radius 1 is 1.41 bits per heavy atom. The van der Waals surface area contributed by atoms with E-state index >= 15 is 0 Å². The van der Waals surface area contributed by atoms with E-state index in [-0.39, 0.29) is 6.04 Å². The summed E-state index contributed by atoms with van der Waals surface area (Å²) in [6.07, 6.45) is -2.86. The molecular formula is C11H18F3NO2. The quantitative estimate of drug-likeness (QED) is 0.839. The molecule has 0 saturated carbocycles. The van der Waals surface area contributed by atoms with Gasteiger partial charge in [-0.2, -0.15) is 13.2 Å². The molecule has 1 rings (SSSR count). The lowest BCUT2D eigenvalue weighted by molar-refractivity contribution is -0.198. The van der Waals surface area contributed by atoms with Gasteiger partial charge in [0.25, 0.3) is 0 Å². The zero-order valence-electron chi connectivity index (χ0n) is 10.00. The van der Waals surface area contributed by atoms with Crippen LogP contribution in [0.4, 0.5) is 13.2 Å². The summed E-state index contributed by atoms with van der Waals surface area (Å²) < 4.78 is 37.6. The maximum Gasteiger partial charge on any atom is 0.403 e. The Morgan fingerprint density at radius 3 is 2.47 bits per heavy atom. The van der Waals surface area contributed by atoms with Crippen molar-refractivity contribution in [1.82, 2.24) is 4.90 Å². The Labute approximate surface area is 98.6 Å². The Balaban J connectivity index is 2.69. The van der Waals surface area contributed by atoms with Crippen molar-refractivity contribution in [2.45, 2.75) is 38.9 Å². The Hall–Kier alpha value is -0.780. The molecule has 0 spiro atoms. The zero-order valence-corrected chi connectivity index (χ0v) is 10.00. The van der Waals surface area contributed by atoms with Gasteiger partial charge < -0.3 is 5.11 Å². The fourth-order valence-electron chi connectivity index (χ4n) is 2.19. The molecule has 1 aliphatic heterocycles. The van der Waals surface area contributed by atoms with Gasteiger partial charge in [-0.05, 0) is 25.7 Å². The monoisotopic (exact) mass is 253 g/mol. The number of nitrogens with zero attached hydrogens (tertiary/aromatic N) is 1. The number of piperidine rings is 1. The summed E-state index contributed by atoms with van der Waals surface area (Å²) in [5.74, 6) is -3.74. The molecule has 0 aromatic carbocycles. The van der Waals surface area contributed by atoms with Gasteiger partial charge in [0.05, 0.1) is 0 Å². The van der Waals surface area contributed by atoms with Gasteiger partial charge in [0, 0.05) is 19.1 Å². The topological polar surface area (TPSA) is 40.5 Å². The summed E-state index contributed by atoms with van der Waals surface area (Å²) in [4.78, 5) is 12.3. The van der Waals surface area contributed by atoms with Crippen molar-refractivity contribution in [3.63, 3.8) is 0 Å². The molecule has 0 bridgehead atoms. The minimum atomic E-state index is -4.67. The van der Waals surface area contributed by atoms with Crippen LogP contribution in [-0.2, 0) is 4.79 Å². The third-order valence-corrected chi connectivity index (χ3v) is 3.36.